The first-order valence-corrected chi connectivity index (χ1v) is 14.1. The van der Waals surface area contributed by atoms with E-state index in [-0.39, 0.29) is 41.8 Å². The second-order valence-corrected chi connectivity index (χ2v) is 17.7. The molecule has 0 aromatic heterocycles. The number of hydrogen-bond donors (Lipinski definition) is 0. The molecule has 0 aliphatic carbocycles. The van der Waals surface area contributed by atoms with E-state index in [4.69, 9.17) is 9.47 Å². The van der Waals surface area contributed by atoms with Crippen molar-refractivity contribution in [2.75, 3.05) is 37.9 Å². The van der Waals surface area contributed by atoms with Gasteiger partial charge in [-0.25, -0.2) is 0 Å². The van der Waals surface area contributed by atoms with E-state index in [0.717, 1.165) is 44.9 Å². The van der Waals surface area contributed by atoms with E-state index in [1.165, 1.54) is 11.5 Å². The van der Waals surface area contributed by atoms with Gasteiger partial charge in [0.1, 0.15) is 0 Å². The molecule has 3 aliphatic rings. The molecule has 0 bridgehead atoms. The molecule has 0 radical (unpaired) electrons. The molecule has 0 aromatic carbocycles. The van der Waals surface area contributed by atoms with Crippen molar-refractivity contribution in [1.82, 2.24) is 0 Å². The summed E-state index contributed by atoms with van der Waals surface area (Å²) >= 11 is 4.63. The van der Waals surface area contributed by atoms with Gasteiger partial charge in [0.2, 0.25) is 0 Å². The van der Waals surface area contributed by atoms with Crippen molar-refractivity contribution in [2.24, 2.45) is 0 Å². The molecule has 3 heterocycles. The Morgan fingerprint density at radius 1 is 0.824 bits per heavy atom. The average Bonchev–Trinajstić information content (AvgIpc) is 3.22. The first-order chi connectivity index (χ1) is 8.42. The summed E-state index contributed by atoms with van der Waals surface area (Å²) in [6, 6.07) is 0. The van der Waals surface area contributed by atoms with Crippen molar-refractivity contribution in [3.63, 3.8) is 0 Å². The zero-order chi connectivity index (χ0) is 11.5. The molecular formula is C11H18O2S2Te2. The minimum absolute atomic E-state index is 0.272. The maximum atomic E-state index is 5.88. The topological polar surface area (TPSA) is 18.5 Å². The van der Waals surface area contributed by atoms with E-state index in [2.05, 4.69) is 0 Å². The fraction of sp³-hybridized carbons (Fsp3) is 1.00. The maximum absolute atomic E-state index is 5.88. The van der Waals surface area contributed by atoms with E-state index in [0.29, 0.717) is 0 Å². The molecule has 6 heteroatoms. The average molecular weight is 502 g/mol. The van der Waals surface area contributed by atoms with Crippen molar-refractivity contribution < 1.29 is 9.47 Å². The van der Waals surface area contributed by atoms with Crippen molar-refractivity contribution >= 4 is 65.4 Å². The van der Waals surface area contributed by atoms with Crippen LogP contribution < -0.4 is 0 Å². The van der Waals surface area contributed by atoms with Crippen molar-refractivity contribution in [1.29, 1.82) is 0 Å². The van der Waals surface area contributed by atoms with Crippen LogP contribution in [0.2, 0.25) is 10.4 Å². The van der Waals surface area contributed by atoms with Gasteiger partial charge in [-0.2, -0.15) is 0 Å². The van der Waals surface area contributed by atoms with Gasteiger partial charge in [-0.05, 0) is 0 Å². The van der Waals surface area contributed by atoms with Crippen LogP contribution in [0.25, 0.3) is 0 Å². The molecule has 0 N–H and O–H groups in total. The summed E-state index contributed by atoms with van der Waals surface area (Å²) in [6.45, 7) is 4.16. The summed E-state index contributed by atoms with van der Waals surface area (Å²) in [4.78, 5) is 0. The molecule has 3 aliphatic heterocycles. The van der Waals surface area contributed by atoms with Gasteiger partial charge in [0, 0.05) is 0 Å². The summed E-state index contributed by atoms with van der Waals surface area (Å²) in [5.41, 5.74) is 0. The van der Waals surface area contributed by atoms with E-state index in [1.807, 2.05) is 23.5 Å². The van der Waals surface area contributed by atoms with Crippen LogP contribution in [0.5, 0.6) is 0 Å². The van der Waals surface area contributed by atoms with Crippen molar-refractivity contribution in [2.45, 2.75) is 20.9 Å². The van der Waals surface area contributed by atoms with Crippen molar-refractivity contribution in [3.05, 3.63) is 0 Å². The Bertz CT molecular complexity index is 226. The molecule has 3 rings (SSSR count). The molecule has 98 valence electrons. The Kier molecular flexibility index (Phi) is 6.06. The van der Waals surface area contributed by atoms with Crippen LogP contribution in [0.1, 0.15) is 0 Å². The molecule has 0 amide bonds. The molecule has 0 saturated carbocycles. The van der Waals surface area contributed by atoms with Gasteiger partial charge in [0.05, 0.1) is 0 Å². The molecule has 3 fully saturated rings. The Labute approximate surface area is 132 Å². The predicted molar refractivity (Wildman–Crippen MR) is 77.9 cm³/mol. The Hall–Kier alpha value is 2.20. The molecule has 4 unspecified atom stereocenters. The SMILES string of the molecule is C1[Te]C(COCC2CS2)C(COCC2CS2)[Te]1. The number of hydrogen-bond acceptors (Lipinski definition) is 4. The van der Waals surface area contributed by atoms with Gasteiger partial charge in [-0.3, -0.25) is 0 Å². The normalized spacial score (nSPS) is 39.5. The fourth-order valence-corrected chi connectivity index (χ4v) is 17.7. The summed E-state index contributed by atoms with van der Waals surface area (Å²) < 4.78 is 15.3. The Morgan fingerprint density at radius 2 is 1.29 bits per heavy atom. The van der Waals surface area contributed by atoms with Crippen LogP contribution in [0.3, 0.4) is 0 Å². The van der Waals surface area contributed by atoms with Crippen LogP contribution in [-0.4, -0.2) is 90.3 Å². The molecule has 4 atom stereocenters. The van der Waals surface area contributed by atoms with Crippen LogP contribution in [-0.2, 0) is 9.47 Å². The molecule has 0 aromatic rings. The summed E-state index contributed by atoms with van der Waals surface area (Å²) in [6.07, 6.45) is 0. The molecule has 17 heavy (non-hydrogen) atoms. The van der Waals surface area contributed by atoms with Gasteiger partial charge in [-0.15, -0.1) is 0 Å². The third-order valence-electron chi connectivity index (χ3n) is 2.96. The molecule has 0 spiro atoms. The number of rotatable bonds is 8. The first kappa shape index (κ1) is 14.1. The summed E-state index contributed by atoms with van der Waals surface area (Å²) in [5, 5.41) is 1.69. The minimum atomic E-state index is 0.272. The quantitative estimate of drug-likeness (QED) is 0.372. The number of ether oxygens (including phenoxy) is 2. The van der Waals surface area contributed by atoms with Gasteiger partial charge < -0.3 is 0 Å². The fourth-order valence-electron chi connectivity index (χ4n) is 1.70. The Balaban J connectivity index is 1.30. The molecule has 3 saturated heterocycles. The van der Waals surface area contributed by atoms with Gasteiger partial charge in [-0.1, -0.05) is 0 Å². The summed E-state index contributed by atoms with van der Waals surface area (Å²) in [5.74, 6) is 2.67. The Morgan fingerprint density at radius 3 is 1.71 bits per heavy atom. The van der Waals surface area contributed by atoms with Crippen LogP contribution in [0.15, 0.2) is 0 Å². The third kappa shape index (κ3) is 5.24. The summed E-state index contributed by atoms with van der Waals surface area (Å²) in [7, 11) is 0. The zero-order valence-electron chi connectivity index (χ0n) is 9.71. The van der Waals surface area contributed by atoms with Crippen LogP contribution in [0, 0.1) is 0 Å². The zero-order valence-corrected chi connectivity index (χ0v) is 16.0. The second-order valence-electron chi connectivity index (χ2n) is 4.51. The standard InChI is InChI=1S/C11H18O2S2Te2/c1(8-5-14-8)12-3-10-11(17-7-16-10)4-13-2-9-6-15-9/h8-11H,1-7H2. The van der Waals surface area contributed by atoms with Gasteiger partial charge in [0.25, 0.3) is 0 Å². The monoisotopic (exact) mass is 506 g/mol. The van der Waals surface area contributed by atoms with E-state index in [1.54, 1.807) is 2.52 Å². The number of thioether (sulfide) groups is 2. The first-order valence-electron chi connectivity index (χ1n) is 6.04. The second kappa shape index (κ2) is 7.28. The van der Waals surface area contributed by atoms with Gasteiger partial charge >= 0.3 is 134 Å². The van der Waals surface area contributed by atoms with Crippen LogP contribution in [0.4, 0.5) is 0 Å². The van der Waals surface area contributed by atoms with Gasteiger partial charge in [0.15, 0.2) is 0 Å². The molecule has 2 nitrogen and oxygen atoms in total. The van der Waals surface area contributed by atoms with E-state index in [9.17, 15) is 0 Å². The van der Waals surface area contributed by atoms with E-state index < -0.39 is 0 Å². The van der Waals surface area contributed by atoms with Crippen LogP contribution >= 0.6 is 23.5 Å². The third-order valence-corrected chi connectivity index (χ3v) is 17.6. The van der Waals surface area contributed by atoms with Crippen molar-refractivity contribution in [3.8, 4) is 0 Å². The van der Waals surface area contributed by atoms with E-state index >= 15 is 0 Å². The molecular weight excluding hydrogens is 483 g/mol. The predicted octanol–water partition coefficient (Wildman–Crippen LogP) is 1.63.